The molecule has 3 aromatic rings. The average Bonchev–Trinajstić information content (AvgIpc) is 2.77. The molecule has 31 heavy (non-hydrogen) atoms. The van der Waals surface area contributed by atoms with Crippen molar-refractivity contribution in [2.45, 2.75) is 23.5 Å². The Hall–Kier alpha value is -2.77. The van der Waals surface area contributed by atoms with Gasteiger partial charge >= 0.3 is 0 Å². The monoisotopic (exact) mass is 500 g/mol. The Labute approximate surface area is 190 Å². The van der Waals surface area contributed by atoms with Gasteiger partial charge in [-0.15, -0.1) is 0 Å². The van der Waals surface area contributed by atoms with Crippen LogP contribution in [0.3, 0.4) is 0 Å². The van der Waals surface area contributed by atoms with E-state index in [4.69, 9.17) is 4.74 Å². The van der Waals surface area contributed by atoms with E-state index in [1.165, 1.54) is 19.2 Å². The van der Waals surface area contributed by atoms with Gasteiger partial charge < -0.3 is 4.74 Å². The minimum absolute atomic E-state index is 0.0103. The summed E-state index contributed by atoms with van der Waals surface area (Å²) in [4.78, 5) is 26.2. The lowest BCUT2D eigenvalue weighted by Gasteiger charge is -2.17. The fourth-order valence-electron chi connectivity index (χ4n) is 3.10. The first kappa shape index (κ1) is 22.9. The van der Waals surface area contributed by atoms with Crippen molar-refractivity contribution in [3.05, 3.63) is 94.0 Å². The molecule has 160 valence electrons. The molecule has 0 aromatic heterocycles. The van der Waals surface area contributed by atoms with Crippen molar-refractivity contribution in [2.24, 2.45) is 0 Å². The van der Waals surface area contributed by atoms with Gasteiger partial charge in [0.05, 0.1) is 12.0 Å². The van der Waals surface area contributed by atoms with Crippen LogP contribution in [0.2, 0.25) is 0 Å². The van der Waals surface area contributed by atoms with Crippen LogP contribution in [0.25, 0.3) is 0 Å². The third kappa shape index (κ3) is 5.29. The highest BCUT2D eigenvalue weighted by molar-refractivity contribution is 9.10. The summed E-state index contributed by atoms with van der Waals surface area (Å²) in [6.45, 7) is 1.84. The second-order valence-electron chi connectivity index (χ2n) is 7.07. The third-order valence-electron chi connectivity index (χ3n) is 4.93. The highest BCUT2D eigenvalue weighted by atomic mass is 79.9. The molecule has 0 radical (unpaired) electrons. The molecule has 0 aliphatic carbocycles. The van der Waals surface area contributed by atoms with E-state index in [0.29, 0.717) is 11.3 Å². The van der Waals surface area contributed by atoms with Crippen LogP contribution in [0, 0.1) is 6.92 Å². The largest absolute Gasteiger partial charge is 0.497 e. The van der Waals surface area contributed by atoms with Crippen molar-refractivity contribution in [3.8, 4) is 5.75 Å². The summed E-state index contributed by atoms with van der Waals surface area (Å²) in [6.07, 6.45) is -0.461. The molecule has 3 rings (SSSR count). The summed E-state index contributed by atoms with van der Waals surface area (Å²) >= 11 is 3.30. The first-order valence-electron chi connectivity index (χ1n) is 9.50. The average molecular weight is 501 g/mol. The van der Waals surface area contributed by atoms with Crippen molar-refractivity contribution in [1.82, 2.24) is 0 Å². The van der Waals surface area contributed by atoms with Crippen LogP contribution >= 0.6 is 15.9 Å². The van der Waals surface area contributed by atoms with Crippen LogP contribution in [0.4, 0.5) is 0 Å². The van der Waals surface area contributed by atoms with Gasteiger partial charge in [0.25, 0.3) is 0 Å². The van der Waals surface area contributed by atoms with Gasteiger partial charge in [-0.25, -0.2) is 8.42 Å². The molecule has 7 heteroatoms. The van der Waals surface area contributed by atoms with E-state index in [9.17, 15) is 18.0 Å². The molecule has 0 amide bonds. The van der Waals surface area contributed by atoms with Crippen LogP contribution in [0.5, 0.6) is 5.75 Å². The van der Waals surface area contributed by atoms with Crippen molar-refractivity contribution >= 4 is 37.3 Å². The number of ether oxygens (including phenoxy) is 1. The fraction of sp³-hybridized carbons (Fsp3) is 0.167. The van der Waals surface area contributed by atoms with Crippen molar-refractivity contribution < 1.29 is 22.7 Å². The Morgan fingerprint density at radius 1 is 0.871 bits per heavy atom. The predicted molar refractivity (Wildman–Crippen MR) is 123 cm³/mol. The van der Waals surface area contributed by atoms with Crippen LogP contribution in [-0.4, -0.2) is 32.3 Å². The Bertz CT molecular complexity index is 1180. The molecule has 0 N–H and O–H groups in total. The quantitative estimate of drug-likeness (QED) is 0.403. The number of sulfone groups is 1. The smallest absolute Gasteiger partial charge is 0.189 e. The number of hydrogen-bond donors (Lipinski definition) is 0. The topological polar surface area (TPSA) is 77.5 Å². The van der Waals surface area contributed by atoms with E-state index in [1.807, 2.05) is 6.92 Å². The highest BCUT2D eigenvalue weighted by Crippen LogP contribution is 2.25. The molecule has 0 saturated heterocycles. The van der Waals surface area contributed by atoms with Gasteiger partial charge in [0.15, 0.2) is 21.4 Å². The van der Waals surface area contributed by atoms with Crippen molar-refractivity contribution in [3.63, 3.8) is 0 Å². The van der Waals surface area contributed by atoms with E-state index >= 15 is 0 Å². The summed E-state index contributed by atoms with van der Waals surface area (Å²) in [7, 11) is -2.59. The molecular formula is C24H21BrO5S. The zero-order chi connectivity index (χ0) is 22.6. The molecule has 0 bridgehead atoms. The number of ketones is 2. The minimum Gasteiger partial charge on any atom is -0.497 e. The molecule has 0 saturated carbocycles. The SMILES string of the molecule is COc1ccc(C(=O)C[C@@H](C(=O)c2ccc(Br)cc2)S(=O)(=O)c2ccc(C)cc2)cc1. The van der Waals surface area contributed by atoms with Gasteiger partial charge in [-0.05, 0) is 55.5 Å². The van der Waals surface area contributed by atoms with Crippen LogP contribution in [0.1, 0.15) is 32.7 Å². The number of hydrogen-bond acceptors (Lipinski definition) is 5. The van der Waals surface area contributed by atoms with Gasteiger partial charge in [0.1, 0.15) is 11.0 Å². The maximum atomic E-state index is 13.4. The lowest BCUT2D eigenvalue weighted by molar-refractivity contribution is 0.0920. The number of Topliss-reactive ketones (excluding diaryl/α,β-unsaturated/α-hetero) is 2. The minimum atomic E-state index is -4.10. The molecule has 0 spiro atoms. The maximum Gasteiger partial charge on any atom is 0.189 e. The van der Waals surface area contributed by atoms with Gasteiger partial charge in [-0.2, -0.15) is 0 Å². The first-order chi connectivity index (χ1) is 14.7. The summed E-state index contributed by atoms with van der Waals surface area (Å²) in [5.74, 6) is -0.477. The Balaban J connectivity index is 2.00. The molecule has 0 fully saturated rings. The summed E-state index contributed by atoms with van der Waals surface area (Å²) < 4.78 is 32.6. The zero-order valence-electron chi connectivity index (χ0n) is 17.0. The zero-order valence-corrected chi connectivity index (χ0v) is 19.4. The number of halogens is 1. The summed E-state index contributed by atoms with van der Waals surface area (Å²) in [5.41, 5.74) is 1.43. The summed E-state index contributed by atoms with van der Waals surface area (Å²) in [5, 5.41) is -1.54. The van der Waals surface area contributed by atoms with Crippen LogP contribution in [-0.2, 0) is 9.84 Å². The fourth-order valence-corrected chi connectivity index (χ4v) is 5.00. The van der Waals surface area contributed by atoms with Gasteiger partial charge in [-0.1, -0.05) is 45.8 Å². The molecule has 0 heterocycles. The number of carbonyl (C=O) groups is 2. The van der Waals surface area contributed by atoms with Crippen molar-refractivity contribution in [2.75, 3.05) is 7.11 Å². The standard InChI is InChI=1S/C24H21BrO5S/c1-16-3-13-21(14-4-16)31(28,29)23(24(27)18-5-9-19(25)10-6-18)15-22(26)17-7-11-20(30-2)12-8-17/h3-14,23H,15H2,1-2H3/t23-/m0/s1. The van der Waals surface area contributed by atoms with Gasteiger partial charge in [0.2, 0.25) is 0 Å². The van der Waals surface area contributed by atoms with E-state index in [1.54, 1.807) is 60.7 Å². The number of methoxy groups -OCH3 is 1. The highest BCUT2D eigenvalue weighted by Gasteiger charge is 2.36. The Kier molecular flexibility index (Phi) is 7.08. The predicted octanol–water partition coefficient (Wildman–Crippen LogP) is 5.06. The normalized spacial score (nSPS) is 12.2. The summed E-state index contributed by atoms with van der Waals surface area (Å²) in [6, 6.07) is 19.0. The molecule has 0 aliphatic rings. The molecule has 1 atom stereocenters. The van der Waals surface area contributed by atoms with E-state index < -0.39 is 33.1 Å². The van der Waals surface area contributed by atoms with E-state index in [2.05, 4.69) is 15.9 Å². The Morgan fingerprint density at radius 3 is 1.97 bits per heavy atom. The second-order valence-corrected chi connectivity index (χ2v) is 10.1. The third-order valence-corrected chi connectivity index (χ3v) is 7.52. The van der Waals surface area contributed by atoms with Crippen LogP contribution < -0.4 is 4.74 Å². The molecule has 3 aromatic carbocycles. The second kappa shape index (κ2) is 9.58. The van der Waals surface area contributed by atoms with Crippen LogP contribution in [0.15, 0.2) is 82.2 Å². The first-order valence-corrected chi connectivity index (χ1v) is 11.8. The lowest BCUT2D eigenvalue weighted by atomic mass is 10.0. The van der Waals surface area contributed by atoms with E-state index in [0.717, 1.165) is 10.0 Å². The molecule has 5 nitrogen and oxygen atoms in total. The number of aryl methyl sites for hydroxylation is 1. The van der Waals surface area contributed by atoms with Gasteiger partial charge in [0, 0.05) is 22.0 Å². The number of benzene rings is 3. The molecule has 0 aliphatic heterocycles. The number of rotatable bonds is 8. The Morgan fingerprint density at radius 2 is 1.42 bits per heavy atom. The van der Waals surface area contributed by atoms with Gasteiger partial charge in [-0.3, -0.25) is 9.59 Å². The molecule has 0 unspecified atom stereocenters. The number of carbonyl (C=O) groups excluding carboxylic acids is 2. The van der Waals surface area contributed by atoms with E-state index in [-0.39, 0.29) is 10.5 Å². The lowest BCUT2D eigenvalue weighted by Crippen LogP contribution is -2.33. The maximum absolute atomic E-state index is 13.4. The molecular weight excluding hydrogens is 480 g/mol. The van der Waals surface area contributed by atoms with Crippen molar-refractivity contribution in [1.29, 1.82) is 0 Å².